The van der Waals surface area contributed by atoms with Crippen molar-refractivity contribution in [1.82, 2.24) is 5.32 Å². The molecule has 0 aromatic rings. The van der Waals surface area contributed by atoms with Crippen LogP contribution >= 0.6 is 0 Å². The number of carboxylic acid groups (broad SMARTS) is 1. The van der Waals surface area contributed by atoms with Crippen LogP contribution in [0.4, 0.5) is 4.79 Å². The fourth-order valence-electron chi connectivity index (χ4n) is 2.01. The molecule has 1 atom stereocenters. The SMILES string of the molecule is CC1=C(C)C[C@@](C(=O)O)(C(=O)NC(N)=O)CC1. The number of hydrogen-bond donors (Lipinski definition) is 3. The number of primary amides is 1. The number of aliphatic carboxylic acids is 1. The first-order valence-electron chi connectivity index (χ1n) is 5.29. The van der Waals surface area contributed by atoms with Crippen LogP contribution in [0.2, 0.25) is 0 Å². The normalized spacial score (nSPS) is 24.4. The van der Waals surface area contributed by atoms with Crippen molar-refractivity contribution in [3.8, 4) is 0 Å². The van der Waals surface area contributed by atoms with E-state index in [1.807, 2.05) is 12.2 Å². The summed E-state index contributed by atoms with van der Waals surface area (Å²) in [4.78, 5) is 33.8. The zero-order valence-corrected chi connectivity index (χ0v) is 9.87. The highest BCUT2D eigenvalue weighted by atomic mass is 16.4. The Hall–Kier alpha value is -1.85. The summed E-state index contributed by atoms with van der Waals surface area (Å²) in [6, 6.07) is -1.03. The smallest absolute Gasteiger partial charge is 0.319 e. The fraction of sp³-hybridized carbons (Fsp3) is 0.545. The Balaban J connectivity index is 3.05. The Kier molecular flexibility index (Phi) is 3.55. The van der Waals surface area contributed by atoms with E-state index in [0.29, 0.717) is 6.42 Å². The minimum atomic E-state index is -1.57. The highest BCUT2D eigenvalue weighted by Gasteiger charge is 2.48. The van der Waals surface area contributed by atoms with E-state index in [0.717, 1.165) is 11.1 Å². The standard InChI is InChI=1S/C11H16N2O4/c1-6-3-4-11(9(15)16,5-7(6)2)8(14)13-10(12)17/h3-5H2,1-2H3,(H,15,16)(H3,12,13,14,17)/t11-/m1/s1. The molecule has 0 aromatic heterocycles. The third kappa shape index (κ3) is 2.46. The Bertz CT molecular complexity index is 414. The molecule has 0 spiro atoms. The maximum Gasteiger partial charge on any atom is 0.319 e. The summed E-state index contributed by atoms with van der Waals surface area (Å²) in [6.07, 6.45) is 0.836. The molecule has 94 valence electrons. The van der Waals surface area contributed by atoms with Crippen molar-refractivity contribution in [3.63, 3.8) is 0 Å². The highest BCUT2D eigenvalue weighted by molar-refractivity contribution is 6.07. The third-order valence-electron chi connectivity index (χ3n) is 3.30. The van der Waals surface area contributed by atoms with Gasteiger partial charge in [0.25, 0.3) is 0 Å². The first kappa shape index (κ1) is 13.2. The Labute approximate surface area is 98.9 Å². The molecule has 0 heterocycles. The summed E-state index contributed by atoms with van der Waals surface area (Å²) in [6.45, 7) is 3.71. The average Bonchev–Trinajstić information content (AvgIpc) is 2.20. The van der Waals surface area contributed by atoms with Gasteiger partial charge < -0.3 is 10.8 Å². The molecular formula is C11H16N2O4. The summed E-state index contributed by atoms with van der Waals surface area (Å²) in [7, 11) is 0. The van der Waals surface area contributed by atoms with Gasteiger partial charge in [0.15, 0.2) is 5.41 Å². The van der Waals surface area contributed by atoms with E-state index in [9.17, 15) is 19.5 Å². The maximum absolute atomic E-state index is 11.8. The topological polar surface area (TPSA) is 109 Å². The van der Waals surface area contributed by atoms with Crippen LogP contribution in [0.25, 0.3) is 0 Å². The maximum atomic E-state index is 11.8. The Morgan fingerprint density at radius 1 is 1.29 bits per heavy atom. The summed E-state index contributed by atoms with van der Waals surface area (Å²) < 4.78 is 0. The molecule has 0 aromatic carbocycles. The molecule has 1 aliphatic rings. The monoisotopic (exact) mass is 240 g/mol. The molecular weight excluding hydrogens is 224 g/mol. The van der Waals surface area contributed by atoms with Gasteiger partial charge in [-0.1, -0.05) is 11.1 Å². The number of amides is 3. The zero-order valence-electron chi connectivity index (χ0n) is 9.87. The molecule has 0 aliphatic heterocycles. The van der Waals surface area contributed by atoms with Crippen LogP contribution in [0.3, 0.4) is 0 Å². The fourth-order valence-corrected chi connectivity index (χ4v) is 2.01. The van der Waals surface area contributed by atoms with Crippen molar-refractivity contribution in [3.05, 3.63) is 11.1 Å². The number of hydrogen-bond acceptors (Lipinski definition) is 3. The van der Waals surface area contributed by atoms with Crippen LogP contribution < -0.4 is 11.1 Å². The van der Waals surface area contributed by atoms with Crippen molar-refractivity contribution in [2.75, 3.05) is 0 Å². The number of nitrogens with one attached hydrogen (secondary N) is 1. The lowest BCUT2D eigenvalue weighted by molar-refractivity contribution is -0.156. The second-order valence-corrected chi connectivity index (χ2v) is 4.44. The first-order chi connectivity index (χ1) is 7.79. The number of rotatable bonds is 2. The number of carbonyl (C=O) groups excluding carboxylic acids is 2. The van der Waals surface area contributed by atoms with Crippen LogP contribution in [0.15, 0.2) is 11.1 Å². The quantitative estimate of drug-likeness (QED) is 0.489. The van der Waals surface area contributed by atoms with Gasteiger partial charge in [-0.05, 0) is 33.1 Å². The highest BCUT2D eigenvalue weighted by Crippen LogP contribution is 2.39. The van der Waals surface area contributed by atoms with E-state index in [4.69, 9.17) is 5.73 Å². The average molecular weight is 240 g/mol. The molecule has 1 rings (SSSR count). The molecule has 0 unspecified atom stereocenters. The molecule has 3 amide bonds. The predicted octanol–water partition coefficient (Wildman–Crippen LogP) is 0.773. The summed E-state index contributed by atoms with van der Waals surface area (Å²) >= 11 is 0. The number of imide groups is 1. The number of nitrogens with two attached hydrogens (primary N) is 1. The van der Waals surface area contributed by atoms with Gasteiger partial charge >= 0.3 is 12.0 Å². The van der Waals surface area contributed by atoms with Crippen molar-refractivity contribution in [1.29, 1.82) is 0 Å². The van der Waals surface area contributed by atoms with Crippen molar-refractivity contribution >= 4 is 17.9 Å². The van der Waals surface area contributed by atoms with E-state index in [-0.39, 0.29) is 12.8 Å². The molecule has 0 saturated carbocycles. The molecule has 6 nitrogen and oxygen atoms in total. The van der Waals surface area contributed by atoms with Gasteiger partial charge in [0.1, 0.15) is 0 Å². The molecule has 6 heteroatoms. The van der Waals surface area contributed by atoms with Gasteiger partial charge in [0, 0.05) is 0 Å². The second kappa shape index (κ2) is 4.57. The summed E-state index contributed by atoms with van der Waals surface area (Å²) in [5, 5.41) is 11.1. The van der Waals surface area contributed by atoms with Crippen LogP contribution in [-0.4, -0.2) is 23.0 Å². The molecule has 4 N–H and O–H groups in total. The van der Waals surface area contributed by atoms with E-state index in [1.54, 1.807) is 6.92 Å². The zero-order chi connectivity index (χ0) is 13.2. The predicted molar refractivity (Wildman–Crippen MR) is 60.0 cm³/mol. The number of carbonyl (C=O) groups is 3. The van der Waals surface area contributed by atoms with E-state index < -0.39 is 23.3 Å². The van der Waals surface area contributed by atoms with Crippen LogP contribution in [0.1, 0.15) is 33.1 Å². The Morgan fingerprint density at radius 2 is 1.88 bits per heavy atom. The lowest BCUT2D eigenvalue weighted by Gasteiger charge is -2.32. The van der Waals surface area contributed by atoms with Crippen LogP contribution in [-0.2, 0) is 9.59 Å². The number of urea groups is 1. The molecule has 0 saturated heterocycles. The summed E-state index contributed by atoms with van der Waals surface area (Å²) in [5.74, 6) is -2.05. The van der Waals surface area contributed by atoms with E-state index >= 15 is 0 Å². The molecule has 0 radical (unpaired) electrons. The Morgan fingerprint density at radius 3 is 2.29 bits per heavy atom. The molecule has 0 fully saturated rings. The first-order valence-corrected chi connectivity index (χ1v) is 5.29. The van der Waals surface area contributed by atoms with Crippen molar-refractivity contribution in [2.45, 2.75) is 33.1 Å². The number of allylic oxidation sites excluding steroid dienone is 2. The lowest BCUT2D eigenvalue weighted by atomic mass is 9.71. The summed E-state index contributed by atoms with van der Waals surface area (Å²) in [5.41, 5.74) is 5.24. The van der Waals surface area contributed by atoms with E-state index in [2.05, 4.69) is 0 Å². The molecule has 17 heavy (non-hydrogen) atoms. The molecule has 0 bridgehead atoms. The van der Waals surface area contributed by atoms with Gasteiger partial charge in [0.2, 0.25) is 5.91 Å². The minimum Gasteiger partial charge on any atom is -0.480 e. The van der Waals surface area contributed by atoms with Gasteiger partial charge in [-0.3, -0.25) is 14.9 Å². The largest absolute Gasteiger partial charge is 0.480 e. The van der Waals surface area contributed by atoms with Crippen molar-refractivity contribution < 1.29 is 19.5 Å². The van der Waals surface area contributed by atoms with Gasteiger partial charge in [-0.15, -0.1) is 0 Å². The number of carboxylic acids is 1. The van der Waals surface area contributed by atoms with Crippen LogP contribution in [0.5, 0.6) is 0 Å². The van der Waals surface area contributed by atoms with Crippen molar-refractivity contribution in [2.24, 2.45) is 11.1 Å². The third-order valence-corrected chi connectivity index (χ3v) is 3.30. The van der Waals surface area contributed by atoms with E-state index in [1.165, 1.54) is 0 Å². The van der Waals surface area contributed by atoms with Gasteiger partial charge in [-0.25, -0.2) is 4.79 Å². The lowest BCUT2D eigenvalue weighted by Crippen LogP contribution is -2.51. The van der Waals surface area contributed by atoms with Gasteiger partial charge in [-0.2, -0.15) is 0 Å². The second-order valence-electron chi connectivity index (χ2n) is 4.44. The minimum absolute atomic E-state index is 0.118. The van der Waals surface area contributed by atoms with Gasteiger partial charge in [0.05, 0.1) is 0 Å². The van der Waals surface area contributed by atoms with Crippen LogP contribution in [0, 0.1) is 5.41 Å². The molecule has 1 aliphatic carbocycles.